The SMILES string of the molecule is O=S(=O)(Nc1ccccc1NCC(F)(F)F)c1ccc2c(c1)OCCCO2. The third-order valence-corrected chi connectivity index (χ3v) is 5.04. The lowest BCUT2D eigenvalue weighted by Gasteiger charge is -2.16. The zero-order valence-electron chi connectivity index (χ0n) is 14.0. The van der Waals surface area contributed by atoms with Crippen LogP contribution in [0, 0.1) is 0 Å². The number of fused-ring (bicyclic) bond motifs is 1. The van der Waals surface area contributed by atoms with Crippen LogP contribution < -0.4 is 19.5 Å². The van der Waals surface area contributed by atoms with Gasteiger partial charge in [0, 0.05) is 12.5 Å². The van der Waals surface area contributed by atoms with Crippen molar-refractivity contribution in [1.82, 2.24) is 0 Å². The molecule has 146 valence electrons. The summed E-state index contributed by atoms with van der Waals surface area (Å²) < 4.78 is 75.9. The highest BCUT2D eigenvalue weighted by atomic mass is 32.2. The largest absolute Gasteiger partial charge is 0.490 e. The summed E-state index contributed by atoms with van der Waals surface area (Å²) >= 11 is 0. The summed E-state index contributed by atoms with van der Waals surface area (Å²) in [5.74, 6) is 0.748. The standard InChI is InChI=1S/C17H17F3N2O4S/c18-17(19,20)11-21-13-4-1-2-5-14(13)22-27(23,24)12-6-7-15-16(10-12)26-9-3-8-25-15/h1-2,4-7,10,21-22H,3,8-9,11H2. The van der Waals surface area contributed by atoms with Gasteiger partial charge in [-0.05, 0) is 24.3 Å². The van der Waals surface area contributed by atoms with E-state index in [9.17, 15) is 21.6 Å². The first-order valence-electron chi connectivity index (χ1n) is 8.07. The van der Waals surface area contributed by atoms with Gasteiger partial charge in [0.2, 0.25) is 0 Å². The predicted octanol–water partition coefficient (Wildman–Crippen LogP) is 3.62. The van der Waals surface area contributed by atoms with E-state index in [-0.39, 0.29) is 16.3 Å². The quantitative estimate of drug-likeness (QED) is 0.799. The number of anilines is 2. The number of halogens is 3. The number of hydrogen-bond donors (Lipinski definition) is 2. The summed E-state index contributed by atoms with van der Waals surface area (Å²) in [4.78, 5) is -0.0858. The van der Waals surface area contributed by atoms with Gasteiger partial charge in [0.25, 0.3) is 10.0 Å². The van der Waals surface area contributed by atoms with Crippen LogP contribution in [0.1, 0.15) is 6.42 Å². The summed E-state index contributed by atoms with van der Waals surface area (Å²) in [7, 11) is -4.04. The van der Waals surface area contributed by atoms with Gasteiger partial charge in [0.1, 0.15) is 6.54 Å². The summed E-state index contributed by atoms with van der Waals surface area (Å²) in [6, 6.07) is 9.92. The van der Waals surface area contributed by atoms with Crippen LogP contribution in [0.4, 0.5) is 24.5 Å². The molecule has 27 heavy (non-hydrogen) atoms. The molecule has 6 nitrogen and oxygen atoms in total. The van der Waals surface area contributed by atoms with Crippen molar-refractivity contribution in [3.63, 3.8) is 0 Å². The van der Waals surface area contributed by atoms with E-state index in [0.29, 0.717) is 31.1 Å². The van der Waals surface area contributed by atoms with Crippen LogP contribution in [-0.4, -0.2) is 34.4 Å². The minimum Gasteiger partial charge on any atom is -0.490 e. The van der Waals surface area contributed by atoms with Crippen molar-refractivity contribution in [2.24, 2.45) is 0 Å². The normalized spacial score (nSPS) is 14.3. The van der Waals surface area contributed by atoms with Crippen molar-refractivity contribution in [2.45, 2.75) is 17.5 Å². The number of ether oxygens (including phenoxy) is 2. The number of para-hydroxylation sites is 2. The summed E-state index contributed by atoms with van der Waals surface area (Å²) in [5.41, 5.74) is 0.0293. The van der Waals surface area contributed by atoms with Gasteiger partial charge in [-0.3, -0.25) is 4.72 Å². The molecule has 2 aromatic carbocycles. The molecule has 1 aliphatic heterocycles. The molecule has 0 aromatic heterocycles. The van der Waals surface area contributed by atoms with Crippen LogP contribution in [-0.2, 0) is 10.0 Å². The van der Waals surface area contributed by atoms with E-state index in [1.54, 1.807) is 0 Å². The molecule has 0 saturated carbocycles. The fraction of sp³-hybridized carbons (Fsp3) is 0.294. The second kappa shape index (κ2) is 7.55. The molecular formula is C17H17F3N2O4S. The molecular weight excluding hydrogens is 385 g/mol. The molecule has 1 heterocycles. The number of hydrogen-bond acceptors (Lipinski definition) is 5. The number of alkyl halides is 3. The maximum atomic E-state index is 12.7. The average Bonchev–Trinajstić information content (AvgIpc) is 2.84. The molecule has 0 amide bonds. The molecule has 2 aromatic rings. The third-order valence-electron chi connectivity index (χ3n) is 3.68. The van der Waals surface area contributed by atoms with Gasteiger partial charge in [-0.1, -0.05) is 12.1 Å². The van der Waals surface area contributed by atoms with Crippen molar-refractivity contribution < 1.29 is 31.1 Å². The van der Waals surface area contributed by atoms with Crippen molar-refractivity contribution in [3.8, 4) is 11.5 Å². The van der Waals surface area contributed by atoms with E-state index >= 15 is 0 Å². The summed E-state index contributed by atoms with van der Waals surface area (Å²) in [5, 5.41) is 2.19. The highest BCUT2D eigenvalue weighted by molar-refractivity contribution is 7.92. The Morgan fingerprint density at radius 3 is 2.33 bits per heavy atom. The lowest BCUT2D eigenvalue weighted by atomic mass is 10.3. The first kappa shape index (κ1) is 19.2. The fourth-order valence-corrected chi connectivity index (χ4v) is 3.53. The number of nitrogens with one attached hydrogen (secondary N) is 2. The van der Waals surface area contributed by atoms with Gasteiger partial charge in [0.05, 0.1) is 29.5 Å². The summed E-state index contributed by atoms with van der Waals surface area (Å²) in [6.45, 7) is -0.417. The topological polar surface area (TPSA) is 76.7 Å². The van der Waals surface area contributed by atoms with Gasteiger partial charge in [-0.25, -0.2) is 8.42 Å². The predicted molar refractivity (Wildman–Crippen MR) is 93.8 cm³/mol. The fourth-order valence-electron chi connectivity index (χ4n) is 2.44. The Morgan fingerprint density at radius 1 is 0.963 bits per heavy atom. The lowest BCUT2D eigenvalue weighted by Crippen LogP contribution is -2.22. The minimum absolute atomic E-state index is 0.00820. The Balaban J connectivity index is 1.84. The van der Waals surface area contributed by atoms with E-state index in [4.69, 9.17) is 9.47 Å². The Bertz CT molecular complexity index is 917. The van der Waals surface area contributed by atoms with E-state index in [2.05, 4.69) is 10.0 Å². The Morgan fingerprint density at radius 2 is 1.63 bits per heavy atom. The van der Waals surface area contributed by atoms with Gasteiger partial charge in [0.15, 0.2) is 11.5 Å². The van der Waals surface area contributed by atoms with Gasteiger partial charge in [-0.2, -0.15) is 13.2 Å². The molecule has 0 aliphatic carbocycles. The van der Waals surface area contributed by atoms with Crippen LogP contribution in [0.25, 0.3) is 0 Å². The van der Waals surface area contributed by atoms with E-state index < -0.39 is 22.7 Å². The first-order chi connectivity index (χ1) is 12.7. The number of sulfonamides is 1. The summed E-state index contributed by atoms with van der Waals surface area (Å²) in [6.07, 6.45) is -3.76. The van der Waals surface area contributed by atoms with E-state index in [0.717, 1.165) is 0 Å². The molecule has 0 radical (unpaired) electrons. The van der Waals surface area contributed by atoms with Gasteiger partial charge >= 0.3 is 6.18 Å². The van der Waals surface area contributed by atoms with Crippen LogP contribution in [0.5, 0.6) is 11.5 Å². The maximum Gasteiger partial charge on any atom is 0.405 e. The molecule has 0 spiro atoms. The molecule has 0 fully saturated rings. The van der Waals surface area contributed by atoms with Crippen LogP contribution in [0.3, 0.4) is 0 Å². The molecule has 0 saturated heterocycles. The molecule has 2 N–H and O–H groups in total. The Labute approximate surface area is 154 Å². The second-order valence-electron chi connectivity index (χ2n) is 5.78. The number of benzene rings is 2. The lowest BCUT2D eigenvalue weighted by molar-refractivity contribution is -0.115. The van der Waals surface area contributed by atoms with Gasteiger partial charge < -0.3 is 14.8 Å². The Hall–Kier alpha value is -2.62. The highest BCUT2D eigenvalue weighted by Gasteiger charge is 2.27. The molecule has 0 bridgehead atoms. The van der Waals surface area contributed by atoms with E-state index in [1.165, 1.54) is 42.5 Å². The minimum atomic E-state index is -4.43. The van der Waals surface area contributed by atoms with Crippen molar-refractivity contribution in [2.75, 3.05) is 29.8 Å². The monoisotopic (exact) mass is 402 g/mol. The van der Waals surface area contributed by atoms with Crippen LogP contribution in [0.15, 0.2) is 47.4 Å². The highest BCUT2D eigenvalue weighted by Crippen LogP contribution is 2.33. The molecule has 1 aliphatic rings. The molecule has 10 heteroatoms. The molecule has 0 unspecified atom stereocenters. The van der Waals surface area contributed by atoms with Crippen molar-refractivity contribution >= 4 is 21.4 Å². The Kier molecular flexibility index (Phi) is 5.36. The van der Waals surface area contributed by atoms with Gasteiger partial charge in [-0.15, -0.1) is 0 Å². The third kappa shape index (κ3) is 4.97. The van der Waals surface area contributed by atoms with Crippen LogP contribution >= 0.6 is 0 Å². The average molecular weight is 402 g/mol. The zero-order chi connectivity index (χ0) is 19.5. The van der Waals surface area contributed by atoms with Crippen LogP contribution in [0.2, 0.25) is 0 Å². The zero-order valence-corrected chi connectivity index (χ0v) is 14.9. The smallest absolute Gasteiger partial charge is 0.405 e. The first-order valence-corrected chi connectivity index (χ1v) is 9.55. The number of rotatable bonds is 5. The van der Waals surface area contributed by atoms with E-state index in [1.807, 2.05) is 0 Å². The van der Waals surface area contributed by atoms with Crippen molar-refractivity contribution in [3.05, 3.63) is 42.5 Å². The second-order valence-corrected chi connectivity index (χ2v) is 7.46. The molecule has 0 atom stereocenters. The molecule has 3 rings (SSSR count). The van der Waals surface area contributed by atoms with Crippen molar-refractivity contribution in [1.29, 1.82) is 0 Å². The maximum absolute atomic E-state index is 12.7.